The van der Waals surface area contributed by atoms with Crippen molar-refractivity contribution < 1.29 is 32.7 Å². The van der Waals surface area contributed by atoms with Crippen molar-refractivity contribution in [3.05, 3.63) is 64.8 Å². The Bertz CT molecular complexity index is 1490. The maximum absolute atomic E-state index is 13.1. The van der Waals surface area contributed by atoms with E-state index in [1.54, 1.807) is 18.0 Å². The zero-order valence-corrected chi connectivity index (χ0v) is 23.2. The van der Waals surface area contributed by atoms with Crippen LogP contribution in [0.1, 0.15) is 30.9 Å². The van der Waals surface area contributed by atoms with Gasteiger partial charge in [-0.15, -0.1) is 0 Å². The predicted molar refractivity (Wildman–Crippen MR) is 151 cm³/mol. The highest BCUT2D eigenvalue weighted by Crippen LogP contribution is 2.30. The molecule has 0 aliphatic carbocycles. The fraction of sp³-hybridized carbons (Fsp3) is 0.321. The molecule has 2 aliphatic heterocycles. The van der Waals surface area contributed by atoms with E-state index in [0.717, 1.165) is 53.9 Å². The molecule has 5 rings (SSSR count). The molecule has 1 fully saturated rings. The van der Waals surface area contributed by atoms with E-state index >= 15 is 0 Å². The standard InChI is InChI=1S/C26H27ClN6O2.C2HF3O2/c1-16(34)33-11-3-5-19(15-33)25(35)31-23-10-9-21-13-18(23)8-7-17-4-2-6-20(12-17)30-26-28-14-22(27)24(29-21)32-26;3-2(4,5)1(6)7/h2,4,6,9-10,12-14,19H,3,5,7-8,11,15H2,1H3,(H,31,35)(H2,28,29,30,32);(H,6,7). The molecule has 2 amide bonds. The Balaban J connectivity index is 0.000000517. The number of carbonyl (C=O) groups excluding carboxylic acids is 2. The molecule has 0 saturated carbocycles. The van der Waals surface area contributed by atoms with Gasteiger partial charge in [-0.2, -0.15) is 18.2 Å². The zero-order valence-electron chi connectivity index (χ0n) is 22.5. The number of amides is 2. The quantitative estimate of drug-likeness (QED) is 0.299. The number of anilines is 5. The first-order valence-electron chi connectivity index (χ1n) is 13.0. The van der Waals surface area contributed by atoms with Crippen LogP contribution in [0, 0.1) is 5.92 Å². The highest BCUT2D eigenvalue weighted by atomic mass is 35.5. The third-order valence-corrected chi connectivity index (χ3v) is 6.99. The number of carboxylic acid groups (broad SMARTS) is 1. The van der Waals surface area contributed by atoms with E-state index in [0.29, 0.717) is 29.9 Å². The number of nitrogens with zero attached hydrogens (tertiary/aromatic N) is 3. The average molecular weight is 605 g/mol. The number of aliphatic carboxylic acids is 1. The van der Waals surface area contributed by atoms with Crippen molar-refractivity contribution in [3.63, 3.8) is 0 Å². The highest BCUT2D eigenvalue weighted by molar-refractivity contribution is 6.32. The summed E-state index contributed by atoms with van der Waals surface area (Å²) in [6.45, 7) is 2.73. The van der Waals surface area contributed by atoms with E-state index in [9.17, 15) is 22.8 Å². The lowest BCUT2D eigenvalue weighted by Crippen LogP contribution is -2.42. The first-order valence-corrected chi connectivity index (χ1v) is 13.4. The monoisotopic (exact) mass is 604 g/mol. The fourth-order valence-electron chi connectivity index (χ4n) is 4.58. The van der Waals surface area contributed by atoms with Crippen LogP contribution >= 0.6 is 11.6 Å². The molecule has 3 aromatic rings. The van der Waals surface area contributed by atoms with Crippen LogP contribution in [0.25, 0.3) is 0 Å². The average Bonchev–Trinajstić information content (AvgIpc) is 2.95. The normalized spacial score (nSPS) is 16.1. The molecule has 1 unspecified atom stereocenters. The molecule has 0 radical (unpaired) electrons. The molecular formula is C28H28ClF3N6O4. The summed E-state index contributed by atoms with van der Waals surface area (Å²) in [5.41, 5.74) is 4.65. The van der Waals surface area contributed by atoms with E-state index in [-0.39, 0.29) is 17.7 Å². The van der Waals surface area contributed by atoms with Crippen LogP contribution in [-0.2, 0) is 27.2 Å². The Morgan fingerprint density at radius 3 is 2.55 bits per heavy atom. The lowest BCUT2D eigenvalue weighted by molar-refractivity contribution is -0.192. The number of alkyl halides is 3. The van der Waals surface area contributed by atoms with E-state index in [4.69, 9.17) is 21.5 Å². The Morgan fingerprint density at radius 1 is 1.10 bits per heavy atom. The van der Waals surface area contributed by atoms with Gasteiger partial charge in [-0.25, -0.2) is 9.78 Å². The lowest BCUT2D eigenvalue weighted by Gasteiger charge is -2.31. The Hall–Kier alpha value is -4.39. The number of carbonyl (C=O) groups is 3. The van der Waals surface area contributed by atoms with Crippen LogP contribution in [0.4, 0.5) is 42.0 Å². The van der Waals surface area contributed by atoms with Crippen molar-refractivity contribution in [1.29, 1.82) is 0 Å². The molecule has 1 atom stereocenters. The number of halogens is 4. The highest BCUT2D eigenvalue weighted by Gasteiger charge is 2.38. The summed E-state index contributed by atoms with van der Waals surface area (Å²) >= 11 is 6.35. The molecule has 4 N–H and O–H groups in total. The van der Waals surface area contributed by atoms with Crippen LogP contribution in [-0.4, -0.2) is 57.0 Å². The number of fused-ring (bicyclic) bond motifs is 6. The number of benzene rings is 2. The van der Waals surface area contributed by atoms with Gasteiger partial charge in [0.1, 0.15) is 5.02 Å². The van der Waals surface area contributed by atoms with E-state index in [1.165, 1.54) is 0 Å². The molecule has 6 bridgehead atoms. The number of rotatable bonds is 2. The number of likely N-dealkylation sites (tertiary alicyclic amines) is 1. The number of aromatic nitrogens is 2. The molecule has 1 saturated heterocycles. The lowest BCUT2D eigenvalue weighted by atomic mass is 9.96. The van der Waals surface area contributed by atoms with Gasteiger partial charge in [0.05, 0.1) is 12.1 Å². The summed E-state index contributed by atoms with van der Waals surface area (Å²) in [5, 5.41) is 17.2. The minimum atomic E-state index is -5.08. The predicted octanol–water partition coefficient (Wildman–Crippen LogP) is 5.55. The molecule has 14 heteroatoms. The molecular weight excluding hydrogens is 577 g/mol. The van der Waals surface area contributed by atoms with Crippen molar-refractivity contribution in [3.8, 4) is 0 Å². The number of hydrogen-bond acceptors (Lipinski definition) is 7. The van der Waals surface area contributed by atoms with Crippen molar-refractivity contribution in [2.45, 2.75) is 38.8 Å². The van der Waals surface area contributed by atoms with Gasteiger partial charge >= 0.3 is 12.1 Å². The van der Waals surface area contributed by atoms with E-state index in [2.05, 4.69) is 38.1 Å². The Kier molecular flexibility index (Phi) is 9.51. The number of nitrogens with one attached hydrogen (secondary N) is 3. The topological polar surface area (TPSA) is 137 Å². The van der Waals surface area contributed by atoms with Gasteiger partial charge in [0.2, 0.25) is 17.8 Å². The molecule has 42 heavy (non-hydrogen) atoms. The van der Waals surface area contributed by atoms with Crippen LogP contribution in [0.3, 0.4) is 0 Å². The summed E-state index contributed by atoms with van der Waals surface area (Å²) in [6.07, 6.45) is -0.385. The van der Waals surface area contributed by atoms with Gasteiger partial charge in [-0.3, -0.25) is 9.59 Å². The SMILES string of the molecule is CC(=O)N1CCCC(C(=O)Nc2ccc3cc2CCc2cccc(c2)Nc2ncc(Cl)c(n2)N3)C1.O=C(O)C(F)(F)F. The van der Waals surface area contributed by atoms with Gasteiger partial charge < -0.3 is 26.0 Å². The second-order valence-corrected chi connectivity index (χ2v) is 10.2. The summed E-state index contributed by atoms with van der Waals surface area (Å²) in [7, 11) is 0. The van der Waals surface area contributed by atoms with Gasteiger partial charge in [0.15, 0.2) is 5.82 Å². The smallest absolute Gasteiger partial charge is 0.475 e. The van der Waals surface area contributed by atoms with Crippen LogP contribution in [0.2, 0.25) is 5.02 Å². The van der Waals surface area contributed by atoms with Crippen molar-refractivity contribution >= 4 is 58.2 Å². The summed E-state index contributed by atoms with van der Waals surface area (Å²) in [4.78, 5) is 44.4. The van der Waals surface area contributed by atoms with Crippen LogP contribution in [0.15, 0.2) is 48.7 Å². The Labute approximate surface area is 244 Å². The third-order valence-electron chi connectivity index (χ3n) is 6.72. The second kappa shape index (κ2) is 13.1. The van der Waals surface area contributed by atoms with Gasteiger partial charge in [-0.1, -0.05) is 23.7 Å². The van der Waals surface area contributed by atoms with Gasteiger partial charge in [0.25, 0.3) is 0 Å². The van der Waals surface area contributed by atoms with Crippen molar-refractivity contribution in [2.75, 3.05) is 29.0 Å². The third kappa shape index (κ3) is 8.09. The molecule has 222 valence electrons. The van der Waals surface area contributed by atoms with Crippen molar-refractivity contribution in [2.24, 2.45) is 5.92 Å². The minimum absolute atomic E-state index is 0.0132. The molecule has 3 heterocycles. The number of piperidine rings is 1. The summed E-state index contributed by atoms with van der Waals surface area (Å²) in [6, 6.07) is 13.9. The number of aryl methyl sites for hydroxylation is 2. The van der Waals surface area contributed by atoms with E-state index in [1.807, 2.05) is 30.3 Å². The van der Waals surface area contributed by atoms with Gasteiger partial charge in [0, 0.05) is 37.1 Å². The van der Waals surface area contributed by atoms with Crippen molar-refractivity contribution in [1.82, 2.24) is 14.9 Å². The minimum Gasteiger partial charge on any atom is -0.475 e. The second-order valence-electron chi connectivity index (χ2n) is 9.81. The molecule has 10 nitrogen and oxygen atoms in total. The summed E-state index contributed by atoms with van der Waals surface area (Å²) in [5.74, 6) is -2.07. The summed E-state index contributed by atoms with van der Waals surface area (Å²) < 4.78 is 31.7. The van der Waals surface area contributed by atoms with E-state index < -0.39 is 12.1 Å². The number of carboxylic acids is 1. The zero-order chi connectivity index (χ0) is 30.4. The first-order chi connectivity index (χ1) is 19.9. The largest absolute Gasteiger partial charge is 0.490 e. The Morgan fingerprint density at radius 2 is 1.83 bits per heavy atom. The molecule has 2 aliphatic rings. The molecule has 1 aromatic heterocycles. The first kappa shape index (κ1) is 30.6. The maximum Gasteiger partial charge on any atom is 0.490 e. The van der Waals surface area contributed by atoms with Crippen LogP contribution < -0.4 is 16.0 Å². The number of hydrogen-bond donors (Lipinski definition) is 4. The molecule has 0 spiro atoms. The fourth-order valence-corrected chi connectivity index (χ4v) is 4.71. The van der Waals surface area contributed by atoms with Crippen LogP contribution in [0.5, 0.6) is 0 Å². The molecule has 2 aromatic carbocycles. The van der Waals surface area contributed by atoms with Gasteiger partial charge in [-0.05, 0) is 67.1 Å². The maximum atomic E-state index is 13.1.